The molecule has 0 saturated heterocycles. The quantitative estimate of drug-likeness (QED) is 0.238. The number of fused-ring (bicyclic) bond motifs is 5. The molecule has 36 heavy (non-hydrogen) atoms. The van der Waals surface area contributed by atoms with Crippen LogP contribution in [0.4, 0.5) is 13.2 Å². The molecule has 2 aliphatic heterocycles. The van der Waals surface area contributed by atoms with Gasteiger partial charge in [-0.3, -0.25) is 14.6 Å². The number of pyridine rings is 2. The Morgan fingerprint density at radius 3 is 2.75 bits per heavy atom. The number of ether oxygens (including phenoxy) is 2. The van der Waals surface area contributed by atoms with Crippen molar-refractivity contribution in [1.82, 2.24) is 9.55 Å². The summed E-state index contributed by atoms with van der Waals surface area (Å²) in [5.74, 6) is -4.80. The van der Waals surface area contributed by atoms with Crippen molar-refractivity contribution in [3.05, 3.63) is 63.4 Å². The molecule has 0 N–H and O–H groups in total. The number of benzene rings is 1. The SMILES string of the molecule is CC[C@@]1(OC(=O)CN=C([O-])C(F)(F)F)C(=O)OCc2c1cc1n(c2=O)Cc2cc3ccccc3nc2-1. The highest BCUT2D eigenvalue weighted by Crippen LogP contribution is 2.41. The van der Waals surface area contributed by atoms with Gasteiger partial charge in [-0.2, -0.15) is 13.2 Å². The number of cyclic esters (lactones) is 1. The number of halogens is 3. The summed E-state index contributed by atoms with van der Waals surface area (Å²) < 4.78 is 49.2. The van der Waals surface area contributed by atoms with Gasteiger partial charge >= 0.3 is 18.1 Å². The largest absolute Gasteiger partial charge is 0.856 e. The minimum absolute atomic E-state index is 0.0656. The van der Waals surface area contributed by atoms with Crippen LogP contribution in [0.15, 0.2) is 46.2 Å². The Balaban J connectivity index is 1.60. The standard InChI is InChI=1S/C24H18F3N3O6/c1-2-23(36-18(31)9-28-21(33)24(25,26)27)15-8-17-19-13(7-12-5-3-4-6-16(12)29-19)10-30(17)20(32)14(15)11-35-22(23)34/h3-8H,2,9-11H2,1H3,(H,28,33)/p-1/t23-/m0/s1. The van der Waals surface area contributed by atoms with E-state index in [1.54, 1.807) is 0 Å². The van der Waals surface area contributed by atoms with E-state index in [1.165, 1.54) is 17.6 Å². The normalized spacial score (nSPS) is 18.9. The van der Waals surface area contributed by atoms with Gasteiger partial charge in [0.25, 0.3) is 5.56 Å². The highest BCUT2D eigenvalue weighted by Gasteiger charge is 2.50. The fraction of sp³-hybridized carbons (Fsp3) is 0.292. The molecule has 0 saturated carbocycles. The molecular weight excluding hydrogens is 483 g/mol. The van der Waals surface area contributed by atoms with Gasteiger partial charge < -0.3 is 19.1 Å². The zero-order valence-corrected chi connectivity index (χ0v) is 18.7. The number of para-hydroxylation sites is 1. The first-order valence-electron chi connectivity index (χ1n) is 10.9. The summed E-state index contributed by atoms with van der Waals surface area (Å²) in [4.78, 5) is 46.0. The van der Waals surface area contributed by atoms with Crippen molar-refractivity contribution in [2.45, 2.75) is 38.3 Å². The maximum absolute atomic E-state index is 13.4. The first-order valence-corrected chi connectivity index (χ1v) is 10.9. The van der Waals surface area contributed by atoms with Crippen LogP contribution in [0.1, 0.15) is 30.0 Å². The van der Waals surface area contributed by atoms with E-state index >= 15 is 0 Å². The van der Waals surface area contributed by atoms with Crippen LogP contribution in [0.3, 0.4) is 0 Å². The van der Waals surface area contributed by atoms with Gasteiger partial charge in [0.15, 0.2) is 0 Å². The van der Waals surface area contributed by atoms with Crippen LogP contribution in [0.5, 0.6) is 0 Å². The average molecular weight is 500 g/mol. The van der Waals surface area contributed by atoms with E-state index in [0.29, 0.717) is 16.9 Å². The number of aromatic nitrogens is 2. The lowest BCUT2D eigenvalue weighted by Gasteiger charge is -2.35. The van der Waals surface area contributed by atoms with Gasteiger partial charge in [-0.05, 0) is 24.6 Å². The van der Waals surface area contributed by atoms with Crippen molar-refractivity contribution in [3.63, 3.8) is 0 Å². The smallest absolute Gasteiger partial charge is 0.419 e. The van der Waals surface area contributed by atoms with E-state index in [-0.39, 0.29) is 30.7 Å². The number of carbonyl (C=O) groups excluding carboxylic acids is 2. The van der Waals surface area contributed by atoms with Gasteiger partial charge in [0, 0.05) is 16.5 Å². The molecular formula is C24H17F3N3O6-. The summed E-state index contributed by atoms with van der Waals surface area (Å²) in [6.07, 6.45) is -5.43. The van der Waals surface area contributed by atoms with Crippen LogP contribution in [0.2, 0.25) is 0 Å². The lowest BCUT2D eigenvalue weighted by Crippen LogP contribution is -2.48. The second kappa shape index (κ2) is 8.18. The summed E-state index contributed by atoms with van der Waals surface area (Å²) in [7, 11) is 0. The molecule has 1 aromatic carbocycles. The monoisotopic (exact) mass is 500 g/mol. The Morgan fingerprint density at radius 2 is 2.03 bits per heavy atom. The molecule has 2 aromatic heterocycles. The molecule has 0 radical (unpaired) electrons. The molecule has 2 aliphatic rings. The Bertz CT molecular complexity index is 1530. The highest BCUT2D eigenvalue weighted by molar-refractivity contribution is 5.89. The lowest BCUT2D eigenvalue weighted by atomic mass is 9.85. The zero-order chi connectivity index (χ0) is 25.8. The summed E-state index contributed by atoms with van der Waals surface area (Å²) in [6, 6.07) is 10.8. The third-order valence-corrected chi connectivity index (χ3v) is 6.27. The van der Waals surface area contributed by atoms with Gasteiger partial charge in [-0.1, -0.05) is 25.1 Å². The summed E-state index contributed by atoms with van der Waals surface area (Å²) in [5.41, 5.74) is -0.0279. The van der Waals surface area contributed by atoms with Gasteiger partial charge in [0.1, 0.15) is 13.2 Å². The number of nitrogens with zero attached hydrogens (tertiary/aromatic N) is 3. The second-order valence-corrected chi connectivity index (χ2v) is 8.35. The van der Waals surface area contributed by atoms with Crippen LogP contribution < -0.4 is 10.7 Å². The number of hydrogen-bond acceptors (Lipinski definition) is 8. The lowest BCUT2D eigenvalue weighted by molar-refractivity contribution is -0.263. The second-order valence-electron chi connectivity index (χ2n) is 8.35. The zero-order valence-electron chi connectivity index (χ0n) is 18.7. The van der Waals surface area contributed by atoms with Crippen LogP contribution in [0.25, 0.3) is 22.3 Å². The Labute approximate surface area is 200 Å². The predicted molar refractivity (Wildman–Crippen MR) is 117 cm³/mol. The fourth-order valence-electron chi connectivity index (χ4n) is 4.54. The van der Waals surface area contributed by atoms with Crippen LogP contribution in [-0.4, -0.2) is 40.1 Å². The number of hydrogen-bond donors (Lipinski definition) is 0. The molecule has 4 heterocycles. The van der Waals surface area contributed by atoms with Crippen molar-refractivity contribution < 1.29 is 37.3 Å². The van der Waals surface area contributed by atoms with Crippen molar-refractivity contribution in [3.8, 4) is 11.4 Å². The van der Waals surface area contributed by atoms with Crippen molar-refractivity contribution in [1.29, 1.82) is 0 Å². The van der Waals surface area contributed by atoms with E-state index in [0.717, 1.165) is 10.9 Å². The predicted octanol–water partition coefficient (Wildman–Crippen LogP) is 1.95. The molecule has 3 aromatic rings. The summed E-state index contributed by atoms with van der Waals surface area (Å²) in [5, 5.41) is 11.9. The van der Waals surface area contributed by atoms with Gasteiger partial charge in [-0.15, -0.1) is 0 Å². The Morgan fingerprint density at radius 1 is 1.28 bits per heavy atom. The van der Waals surface area contributed by atoms with Gasteiger partial charge in [0.05, 0.1) is 34.9 Å². The van der Waals surface area contributed by atoms with Crippen LogP contribution in [-0.2, 0) is 37.8 Å². The molecule has 9 nitrogen and oxygen atoms in total. The maximum atomic E-state index is 13.4. The summed E-state index contributed by atoms with van der Waals surface area (Å²) >= 11 is 0. The number of aliphatic imine (C=N–C) groups is 1. The molecule has 0 fully saturated rings. The average Bonchev–Trinajstić information content (AvgIpc) is 3.20. The first kappa shape index (κ1) is 23.5. The Hall–Kier alpha value is -4.22. The van der Waals surface area contributed by atoms with Crippen molar-refractivity contribution >= 4 is 28.7 Å². The Kier molecular flexibility index (Phi) is 5.34. The molecule has 0 spiro atoms. The summed E-state index contributed by atoms with van der Waals surface area (Å²) in [6.45, 7) is 0.102. The molecule has 12 heteroatoms. The third-order valence-electron chi connectivity index (χ3n) is 6.27. The minimum atomic E-state index is -5.25. The van der Waals surface area contributed by atoms with E-state index in [9.17, 15) is 32.7 Å². The van der Waals surface area contributed by atoms with E-state index in [1.807, 2.05) is 30.3 Å². The van der Waals surface area contributed by atoms with E-state index in [2.05, 4.69) is 9.98 Å². The number of carbonyl (C=O) groups is 2. The van der Waals surface area contributed by atoms with Crippen molar-refractivity contribution in [2.75, 3.05) is 6.54 Å². The highest BCUT2D eigenvalue weighted by atomic mass is 19.4. The minimum Gasteiger partial charge on any atom is -0.856 e. The number of esters is 2. The molecule has 0 unspecified atom stereocenters. The number of rotatable bonds is 4. The molecule has 0 amide bonds. The molecule has 186 valence electrons. The molecule has 0 aliphatic carbocycles. The van der Waals surface area contributed by atoms with Crippen LogP contribution in [0, 0.1) is 0 Å². The van der Waals surface area contributed by atoms with E-state index in [4.69, 9.17) is 9.47 Å². The van der Waals surface area contributed by atoms with E-state index < -0.39 is 41.7 Å². The topological polar surface area (TPSA) is 123 Å². The fourth-order valence-corrected chi connectivity index (χ4v) is 4.54. The van der Waals surface area contributed by atoms with Gasteiger partial charge in [-0.25, -0.2) is 9.78 Å². The van der Waals surface area contributed by atoms with Gasteiger partial charge in [0.2, 0.25) is 5.60 Å². The molecule has 1 atom stereocenters. The number of alkyl halides is 3. The first-order chi connectivity index (χ1) is 17.0. The maximum Gasteiger partial charge on any atom is 0.419 e. The third kappa shape index (κ3) is 3.60. The van der Waals surface area contributed by atoms with Crippen molar-refractivity contribution in [2.24, 2.45) is 4.99 Å². The molecule has 5 rings (SSSR count). The van der Waals surface area contributed by atoms with Crippen LogP contribution >= 0.6 is 0 Å². The molecule has 0 bridgehead atoms.